The highest BCUT2D eigenvalue weighted by Crippen LogP contribution is 2.58. The standard InChI is InChI=1S/C35H38N2O6/c1-19-11-27(40-21-7-9-23(36)25(38)15-21)31-29(13-19)42-35(17-33(31,3)4)18-34(5,6)32-28(12-20(2)14-30(32)43-35)41-22-8-10-24(37)26(39)16-22/h7-16,38-39H,17-18,36-37H2,1-6H3. The number of nitrogen functional groups attached to an aromatic ring is 2. The Morgan fingerprint density at radius 3 is 1.40 bits per heavy atom. The number of fused-ring (bicyclic) bond motifs is 2. The minimum atomic E-state index is -0.942. The van der Waals surface area contributed by atoms with E-state index in [1.165, 1.54) is 12.1 Å². The number of hydrogen-bond acceptors (Lipinski definition) is 8. The molecule has 6 rings (SSSR count). The number of aromatic hydroxyl groups is 2. The topological polar surface area (TPSA) is 129 Å². The molecule has 0 unspecified atom stereocenters. The summed E-state index contributed by atoms with van der Waals surface area (Å²) >= 11 is 0. The van der Waals surface area contributed by atoms with Gasteiger partial charge in [0, 0.05) is 46.9 Å². The second kappa shape index (κ2) is 9.66. The van der Waals surface area contributed by atoms with E-state index in [0.717, 1.165) is 22.3 Å². The smallest absolute Gasteiger partial charge is 0.252 e. The summed E-state index contributed by atoms with van der Waals surface area (Å²) in [6, 6.07) is 17.8. The van der Waals surface area contributed by atoms with Crippen molar-refractivity contribution in [3.05, 3.63) is 82.9 Å². The highest BCUT2D eigenvalue weighted by molar-refractivity contribution is 5.60. The molecule has 2 heterocycles. The molecular weight excluding hydrogens is 544 g/mol. The first-order valence-corrected chi connectivity index (χ1v) is 14.4. The van der Waals surface area contributed by atoms with Gasteiger partial charge in [-0.05, 0) is 73.5 Å². The first-order chi connectivity index (χ1) is 20.1. The highest BCUT2D eigenvalue weighted by Gasteiger charge is 2.55. The lowest BCUT2D eigenvalue weighted by Gasteiger charge is -2.51. The lowest BCUT2D eigenvalue weighted by molar-refractivity contribution is -0.166. The molecule has 4 aromatic rings. The zero-order chi connectivity index (χ0) is 30.9. The summed E-state index contributed by atoms with van der Waals surface area (Å²) < 4.78 is 26.4. The molecule has 0 aromatic heterocycles. The molecule has 4 aromatic carbocycles. The number of phenols is 2. The molecule has 0 saturated heterocycles. The third-order valence-corrected chi connectivity index (χ3v) is 8.25. The van der Waals surface area contributed by atoms with Gasteiger partial charge in [0.25, 0.3) is 5.79 Å². The van der Waals surface area contributed by atoms with Gasteiger partial charge < -0.3 is 40.6 Å². The van der Waals surface area contributed by atoms with E-state index in [-0.39, 0.29) is 22.9 Å². The van der Waals surface area contributed by atoms with Crippen LogP contribution in [0.4, 0.5) is 11.4 Å². The van der Waals surface area contributed by atoms with Crippen LogP contribution in [0, 0.1) is 13.8 Å². The SMILES string of the molecule is Cc1cc(Oc2ccc(N)c(O)c2)c2c(c1)OC1(CC2(C)C)CC(C)(C)c2c(Oc3ccc(N)c(O)c3)cc(C)cc2O1. The number of benzene rings is 4. The Bertz CT molecular complexity index is 1630. The van der Waals surface area contributed by atoms with Crippen LogP contribution in [0.2, 0.25) is 0 Å². The van der Waals surface area contributed by atoms with Gasteiger partial charge in [-0.2, -0.15) is 0 Å². The zero-order valence-electron chi connectivity index (χ0n) is 25.4. The first-order valence-electron chi connectivity index (χ1n) is 14.4. The normalized spacial score (nSPS) is 17.3. The molecular formula is C35H38N2O6. The van der Waals surface area contributed by atoms with Crippen molar-refractivity contribution in [2.75, 3.05) is 11.5 Å². The van der Waals surface area contributed by atoms with Gasteiger partial charge in [0.2, 0.25) is 0 Å². The van der Waals surface area contributed by atoms with E-state index in [1.54, 1.807) is 24.3 Å². The minimum Gasteiger partial charge on any atom is -0.506 e. The Hall–Kier alpha value is -4.72. The minimum absolute atomic E-state index is 0.0307. The Morgan fingerprint density at radius 2 is 1.02 bits per heavy atom. The molecule has 224 valence electrons. The van der Waals surface area contributed by atoms with Gasteiger partial charge in [0.15, 0.2) is 0 Å². The zero-order valence-corrected chi connectivity index (χ0v) is 25.4. The highest BCUT2D eigenvalue weighted by atomic mass is 16.7. The third kappa shape index (κ3) is 5.11. The Labute approximate surface area is 251 Å². The molecule has 43 heavy (non-hydrogen) atoms. The summed E-state index contributed by atoms with van der Waals surface area (Å²) in [7, 11) is 0. The number of hydrogen-bond donors (Lipinski definition) is 4. The number of aryl methyl sites for hydroxylation is 2. The maximum atomic E-state index is 10.1. The second-order valence-corrected chi connectivity index (χ2v) is 13.2. The van der Waals surface area contributed by atoms with Crippen molar-refractivity contribution in [1.82, 2.24) is 0 Å². The van der Waals surface area contributed by atoms with Crippen molar-refractivity contribution in [3.8, 4) is 46.0 Å². The van der Waals surface area contributed by atoms with Crippen molar-refractivity contribution >= 4 is 11.4 Å². The fourth-order valence-corrected chi connectivity index (χ4v) is 6.68. The molecule has 0 radical (unpaired) electrons. The van der Waals surface area contributed by atoms with Crippen molar-refractivity contribution < 1.29 is 29.2 Å². The Balaban J connectivity index is 1.39. The monoisotopic (exact) mass is 582 g/mol. The van der Waals surface area contributed by atoms with E-state index in [1.807, 2.05) is 38.1 Å². The van der Waals surface area contributed by atoms with Crippen LogP contribution in [-0.2, 0) is 10.8 Å². The molecule has 0 fully saturated rings. The molecule has 8 heteroatoms. The maximum Gasteiger partial charge on any atom is 0.252 e. The molecule has 8 nitrogen and oxygen atoms in total. The van der Waals surface area contributed by atoms with Crippen molar-refractivity contribution in [3.63, 3.8) is 0 Å². The summed E-state index contributed by atoms with van der Waals surface area (Å²) in [5, 5.41) is 20.3. The van der Waals surface area contributed by atoms with Crippen LogP contribution in [-0.4, -0.2) is 16.0 Å². The lowest BCUT2D eigenvalue weighted by Crippen LogP contribution is -2.55. The van der Waals surface area contributed by atoms with Gasteiger partial charge in [-0.15, -0.1) is 0 Å². The van der Waals surface area contributed by atoms with Gasteiger partial charge in [-0.1, -0.05) is 27.7 Å². The number of phenolic OH excluding ortho intramolecular Hbond substituents is 2. The maximum absolute atomic E-state index is 10.1. The van der Waals surface area contributed by atoms with Crippen LogP contribution < -0.4 is 30.4 Å². The van der Waals surface area contributed by atoms with Crippen LogP contribution in [0.3, 0.4) is 0 Å². The summed E-state index contributed by atoms with van der Waals surface area (Å²) in [6.45, 7) is 12.7. The fourth-order valence-electron chi connectivity index (χ4n) is 6.68. The Kier molecular flexibility index (Phi) is 6.38. The van der Waals surface area contributed by atoms with Crippen molar-refractivity contribution in [2.24, 2.45) is 0 Å². The molecule has 0 atom stereocenters. The first kappa shape index (κ1) is 28.4. The summed E-state index contributed by atoms with van der Waals surface area (Å²) in [4.78, 5) is 0. The van der Waals surface area contributed by atoms with Crippen LogP contribution in [0.15, 0.2) is 60.7 Å². The van der Waals surface area contributed by atoms with Gasteiger partial charge in [0.05, 0.1) is 11.4 Å². The van der Waals surface area contributed by atoms with E-state index in [0.29, 0.717) is 47.3 Å². The third-order valence-electron chi connectivity index (χ3n) is 8.25. The van der Waals surface area contributed by atoms with Gasteiger partial charge in [-0.25, -0.2) is 0 Å². The van der Waals surface area contributed by atoms with E-state index in [4.69, 9.17) is 30.4 Å². The quantitative estimate of drug-likeness (QED) is 0.141. The fraction of sp³-hybridized carbons (Fsp3) is 0.314. The van der Waals surface area contributed by atoms with Crippen molar-refractivity contribution in [1.29, 1.82) is 0 Å². The number of ether oxygens (including phenoxy) is 4. The summed E-state index contributed by atoms with van der Waals surface area (Å²) in [5.74, 6) is 2.68. The molecule has 0 aliphatic carbocycles. The average molecular weight is 583 g/mol. The van der Waals surface area contributed by atoms with Crippen molar-refractivity contribution in [2.45, 2.75) is 71.0 Å². The molecule has 0 bridgehead atoms. The van der Waals surface area contributed by atoms with Crippen LogP contribution in [0.1, 0.15) is 62.8 Å². The van der Waals surface area contributed by atoms with E-state index >= 15 is 0 Å². The van der Waals surface area contributed by atoms with E-state index in [9.17, 15) is 10.2 Å². The van der Waals surface area contributed by atoms with Gasteiger partial charge in [-0.3, -0.25) is 0 Å². The van der Waals surface area contributed by atoms with Crippen LogP contribution >= 0.6 is 0 Å². The molecule has 0 saturated carbocycles. The van der Waals surface area contributed by atoms with Gasteiger partial charge >= 0.3 is 0 Å². The molecule has 2 aliphatic heterocycles. The van der Waals surface area contributed by atoms with Crippen LogP contribution in [0.25, 0.3) is 0 Å². The van der Waals surface area contributed by atoms with E-state index < -0.39 is 16.6 Å². The predicted molar refractivity (Wildman–Crippen MR) is 167 cm³/mol. The van der Waals surface area contributed by atoms with Crippen LogP contribution in [0.5, 0.6) is 46.0 Å². The molecule has 6 N–H and O–H groups in total. The number of rotatable bonds is 4. The predicted octanol–water partition coefficient (Wildman–Crippen LogP) is 7.98. The second-order valence-electron chi connectivity index (χ2n) is 13.2. The summed E-state index contributed by atoms with van der Waals surface area (Å²) in [6.07, 6.45) is 1.14. The molecule has 1 spiro atoms. The average Bonchev–Trinajstić information content (AvgIpc) is 2.86. The number of anilines is 2. The molecule has 2 aliphatic rings. The lowest BCUT2D eigenvalue weighted by atomic mass is 9.68. The summed E-state index contributed by atoms with van der Waals surface area (Å²) in [5.41, 5.74) is 15.2. The largest absolute Gasteiger partial charge is 0.506 e. The molecule has 0 amide bonds. The van der Waals surface area contributed by atoms with E-state index in [2.05, 4.69) is 27.7 Å². The number of nitrogens with two attached hydrogens (primary N) is 2. The Morgan fingerprint density at radius 1 is 0.628 bits per heavy atom. The van der Waals surface area contributed by atoms with Gasteiger partial charge in [0.1, 0.15) is 46.0 Å².